The summed E-state index contributed by atoms with van der Waals surface area (Å²) in [5, 5.41) is 0. The maximum absolute atomic E-state index is 12.3. The van der Waals surface area contributed by atoms with Crippen molar-refractivity contribution in [2.75, 3.05) is 11.4 Å². The lowest BCUT2D eigenvalue weighted by molar-refractivity contribution is 0.593. The second-order valence-corrected chi connectivity index (χ2v) is 6.12. The highest BCUT2D eigenvalue weighted by molar-refractivity contribution is 7.92. The third-order valence-electron chi connectivity index (χ3n) is 2.82. The van der Waals surface area contributed by atoms with Crippen LogP contribution in [0.15, 0.2) is 52.4 Å². The van der Waals surface area contributed by atoms with Gasteiger partial charge < -0.3 is 4.98 Å². The summed E-state index contributed by atoms with van der Waals surface area (Å²) in [7, 11) is -2.42. The van der Waals surface area contributed by atoms with E-state index in [2.05, 4.69) is 4.98 Å². The van der Waals surface area contributed by atoms with Crippen LogP contribution in [-0.4, -0.2) is 20.4 Å². The number of rotatable bonds is 3. The predicted octanol–water partition coefficient (Wildman–Crippen LogP) is 1.51. The fraction of sp³-hybridized carbons (Fsp3) is 0.154. The minimum atomic E-state index is -3.85. The Bertz CT molecular complexity index is 733. The van der Waals surface area contributed by atoms with Crippen LogP contribution >= 0.6 is 0 Å². The third kappa shape index (κ3) is 2.53. The number of nitrogens with one attached hydrogen (secondary N) is 1. The molecule has 0 unspecified atom stereocenters. The van der Waals surface area contributed by atoms with Gasteiger partial charge in [-0.1, -0.05) is 17.7 Å². The third-order valence-corrected chi connectivity index (χ3v) is 4.63. The van der Waals surface area contributed by atoms with E-state index in [1.165, 1.54) is 25.5 Å². The number of H-pyrrole nitrogens is 1. The highest BCUT2D eigenvalue weighted by atomic mass is 32.2. The van der Waals surface area contributed by atoms with E-state index in [-0.39, 0.29) is 4.90 Å². The largest absolute Gasteiger partial charge is 0.366 e. The molecule has 1 aromatic carbocycles. The Morgan fingerprint density at radius 2 is 1.74 bits per heavy atom. The van der Waals surface area contributed by atoms with Crippen LogP contribution < -0.4 is 9.73 Å². The number of anilines is 1. The van der Waals surface area contributed by atoms with Crippen molar-refractivity contribution in [3.8, 4) is 0 Å². The molecule has 19 heavy (non-hydrogen) atoms. The fourth-order valence-corrected chi connectivity index (χ4v) is 2.88. The number of pyridine rings is 1. The van der Waals surface area contributed by atoms with Crippen molar-refractivity contribution in [1.29, 1.82) is 0 Å². The van der Waals surface area contributed by atoms with Crippen LogP contribution in [0, 0.1) is 6.92 Å². The lowest BCUT2D eigenvalue weighted by Crippen LogP contribution is -2.30. The van der Waals surface area contributed by atoms with Gasteiger partial charge >= 0.3 is 0 Å². The van der Waals surface area contributed by atoms with Crippen LogP contribution in [-0.2, 0) is 10.0 Å². The number of hydrogen-bond donors (Lipinski definition) is 1. The molecule has 100 valence electrons. The molecule has 0 bridgehead atoms. The maximum Gasteiger partial charge on any atom is 0.269 e. The van der Waals surface area contributed by atoms with Gasteiger partial charge in [-0.25, -0.2) is 8.42 Å². The molecule has 0 aliphatic carbocycles. The van der Waals surface area contributed by atoms with Gasteiger partial charge in [-0.15, -0.1) is 0 Å². The summed E-state index contributed by atoms with van der Waals surface area (Å²) in [5.74, 6) is 0. The van der Waals surface area contributed by atoms with Crippen molar-refractivity contribution >= 4 is 15.7 Å². The smallest absolute Gasteiger partial charge is 0.269 e. The van der Waals surface area contributed by atoms with E-state index in [1.54, 1.807) is 12.1 Å². The Kier molecular flexibility index (Phi) is 3.44. The summed E-state index contributed by atoms with van der Waals surface area (Å²) in [4.78, 5) is 14.0. The topological polar surface area (TPSA) is 70.2 Å². The van der Waals surface area contributed by atoms with Gasteiger partial charge in [0.15, 0.2) is 4.90 Å². The zero-order valence-electron chi connectivity index (χ0n) is 10.6. The van der Waals surface area contributed by atoms with Crippen LogP contribution in [0.5, 0.6) is 0 Å². The van der Waals surface area contributed by atoms with Gasteiger partial charge in [-0.05, 0) is 19.1 Å². The highest BCUT2D eigenvalue weighted by Crippen LogP contribution is 2.19. The minimum Gasteiger partial charge on any atom is -0.366 e. The molecule has 0 spiro atoms. The average Bonchev–Trinajstić information content (AvgIpc) is 2.39. The molecule has 0 saturated heterocycles. The summed E-state index contributed by atoms with van der Waals surface area (Å²) in [5.41, 5.74) is 1.01. The molecule has 0 saturated carbocycles. The van der Waals surface area contributed by atoms with Crippen molar-refractivity contribution in [3.63, 3.8) is 0 Å². The highest BCUT2D eigenvalue weighted by Gasteiger charge is 2.23. The molecule has 1 aromatic heterocycles. The van der Waals surface area contributed by atoms with E-state index in [1.807, 2.05) is 19.1 Å². The van der Waals surface area contributed by atoms with Crippen LogP contribution in [0.2, 0.25) is 0 Å². The van der Waals surface area contributed by atoms with Crippen LogP contribution in [0.4, 0.5) is 5.69 Å². The Morgan fingerprint density at radius 3 is 2.32 bits per heavy atom. The van der Waals surface area contributed by atoms with E-state index < -0.39 is 15.5 Å². The van der Waals surface area contributed by atoms with Gasteiger partial charge in [-0.2, -0.15) is 0 Å². The summed E-state index contributed by atoms with van der Waals surface area (Å²) < 4.78 is 25.8. The number of aromatic nitrogens is 1. The minimum absolute atomic E-state index is 0.266. The van der Waals surface area contributed by atoms with Gasteiger partial charge in [-0.3, -0.25) is 9.10 Å². The van der Waals surface area contributed by atoms with Crippen molar-refractivity contribution < 1.29 is 8.42 Å². The molecule has 0 amide bonds. The molecule has 0 aliphatic heterocycles. The van der Waals surface area contributed by atoms with Gasteiger partial charge in [0.25, 0.3) is 10.0 Å². The first-order valence-electron chi connectivity index (χ1n) is 5.65. The van der Waals surface area contributed by atoms with E-state index in [0.29, 0.717) is 5.69 Å². The normalized spacial score (nSPS) is 11.3. The van der Waals surface area contributed by atoms with E-state index >= 15 is 0 Å². The number of sulfonamides is 1. The van der Waals surface area contributed by atoms with E-state index in [9.17, 15) is 13.2 Å². The molecule has 0 fully saturated rings. The van der Waals surface area contributed by atoms with E-state index in [4.69, 9.17) is 0 Å². The molecule has 6 heteroatoms. The summed E-state index contributed by atoms with van der Waals surface area (Å²) >= 11 is 0. The average molecular weight is 278 g/mol. The Morgan fingerprint density at radius 1 is 1.11 bits per heavy atom. The molecule has 0 aliphatic rings. The van der Waals surface area contributed by atoms with Crippen molar-refractivity contribution in [1.82, 2.24) is 4.98 Å². The van der Waals surface area contributed by atoms with Crippen molar-refractivity contribution in [2.45, 2.75) is 11.8 Å². The number of aromatic amines is 1. The molecule has 0 radical (unpaired) electrons. The maximum atomic E-state index is 12.3. The molecule has 0 atom stereocenters. The summed E-state index contributed by atoms with van der Waals surface area (Å²) in [6.45, 7) is 1.92. The lowest BCUT2D eigenvalue weighted by atomic mass is 10.2. The van der Waals surface area contributed by atoms with Crippen molar-refractivity contribution in [3.05, 3.63) is 58.5 Å². The molecule has 5 nitrogen and oxygen atoms in total. The number of aryl methyl sites for hydroxylation is 1. The van der Waals surface area contributed by atoms with Gasteiger partial charge in [0.1, 0.15) is 0 Å². The molecule has 2 aromatic rings. The molecule has 1 heterocycles. The molecular weight excluding hydrogens is 264 g/mol. The first-order chi connectivity index (χ1) is 8.93. The zero-order chi connectivity index (χ0) is 14.0. The second-order valence-electron chi connectivity index (χ2n) is 4.18. The predicted molar refractivity (Wildman–Crippen MR) is 73.8 cm³/mol. The second kappa shape index (κ2) is 4.89. The quantitative estimate of drug-likeness (QED) is 0.925. The number of hydrogen-bond acceptors (Lipinski definition) is 3. The SMILES string of the molecule is Cc1ccc(N(C)S(=O)(=O)c2c[nH]ccc2=O)cc1. The Labute approximate surface area is 111 Å². The summed E-state index contributed by atoms with van der Waals surface area (Å²) in [6, 6.07) is 8.22. The van der Waals surface area contributed by atoms with E-state index in [0.717, 1.165) is 9.87 Å². The molecule has 2 rings (SSSR count). The van der Waals surface area contributed by atoms with Crippen LogP contribution in [0.1, 0.15) is 5.56 Å². The van der Waals surface area contributed by atoms with Gasteiger partial charge in [0.05, 0.1) is 5.69 Å². The molecular formula is C13H14N2O3S. The fourth-order valence-electron chi connectivity index (χ4n) is 1.64. The Balaban J connectivity index is 2.48. The lowest BCUT2D eigenvalue weighted by Gasteiger charge is -2.19. The number of nitrogens with zero attached hydrogens (tertiary/aromatic N) is 1. The first kappa shape index (κ1) is 13.4. The first-order valence-corrected chi connectivity index (χ1v) is 7.09. The van der Waals surface area contributed by atoms with Crippen LogP contribution in [0.3, 0.4) is 0 Å². The monoisotopic (exact) mass is 278 g/mol. The van der Waals surface area contributed by atoms with Gasteiger partial charge in [0, 0.05) is 25.5 Å². The van der Waals surface area contributed by atoms with Gasteiger partial charge in [0.2, 0.25) is 5.43 Å². The van der Waals surface area contributed by atoms with Crippen LogP contribution in [0.25, 0.3) is 0 Å². The number of benzene rings is 1. The standard InChI is InChI=1S/C13H14N2O3S/c1-10-3-5-11(6-4-10)15(2)19(17,18)13-9-14-8-7-12(13)16/h3-9H,1-2H3,(H,14,16). The molecule has 1 N–H and O–H groups in total. The zero-order valence-corrected chi connectivity index (χ0v) is 11.4. The van der Waals surface area contributed by atoms with Crippen molar-refractivity contribution in [2.24, 2.45) is 0 Å². The summed E-state index contributed by atoms with van der Waals surface area (Å²) in [6.07, 6.45) is 2.59. The Hall–Kier alpha value is -2.08.